The van der Waals surface area contributed by atoms with Crippen molar-refractivity contribution < 1.29 is 19.5 Å². The SMILES string of the molecule is CCc1ccc(N2C(=O)/C(=C\c3cc(C)n(-c4ccc(C(=O)O)cc4)c3C)C(=O)NC2=S)cc1. The fourth-order valence-electron chi connectivity index (χ4n) is 4.01. The Labute approximate surface area is 202 Å². The van der Waals surface area contributed by atoms with Gasteiger partial charge >= 0.3 is 5.97 Å². The zero-order valence-corrected chi connectivity index (χ0v) is 19.8. The zero-order chi connectivity index (χ0) is 24.6. The number of carboxylic acids is 1. The molecule has 4 rings (SSSR count). The molecule has 1 aliphatic rings. The van der Waals surface area contributed by atoms with Crippen molar-refractivity contribution in [3.8, 4) is 5.69 Å². The molecule has 8 heteroatoms. The fraction of sp³-hybridized carbons (Fsp3) is 0.154. The first-order chi connectivity index (χ1) is 16.2. The molecule has 0 saturated carbocycles. The number of carbonyl (C=O) groups is 3. The van der Waals surface area contributed by atoms with E-state index >= 15 is 0 Å². The van der Waals surface area contributed by atoms with Crippen LogP contribution in [0.15, 0.2) is 60.2 Å². The van der Waals surface area contributed by atoms with Crippen LogP contribution in [0.2, 0.25) is 0 Å². The number of hydrogen-bond donors (Lipinski definition) is 2. The molecular formula is C26H23N3O4S. The van der Waals surface area contributed by atoms with E-state index < -0.39 is 17.8 Å². The molecule has 2 heterocycles. The van der Waals surface area contributed by atoms with Gasteiger partial charge in [-0.3, -0.25) is 19.8 Å². The van der Waals surface area contributed by atoms with Crippen molar-refractivity contribution >= 4 is 46.9 Å². The smallest absolute Gasteiger partial charge is 0.335 e. The number of nitrogens with one attached hydrogen (secondary N) is 1. The third kappa shape index (κ3) is 4.15. The number of rotatable bonds is 5. The monoisotopic (exact) mass is 473 g/mol. The quantitative estimate of drug-likeness (QED) is 0.329. The van der Waals surface area contributed by atoms with Crippen LogP contribution in [0.5, 0.6) is 0 Å². The van der Waals surface area contributed by atoms with E-state index in [9.17, 15) is 14.4 Å². The molecule has 1 fully saturated rings. The Morgan fingerprint density at radius 3 is 2.24 bits per heavy atom. The van der Waals surface area contributed by atoms with Crippen LogP contribution in [0.3, 0.4) is 0 Å². The van der Waals surface area contributed by atoms with Crippen molar-refractivity contribution in [3.05, 3.63) is 88.2 Å². The summed E-state index contributed by atoms with van der Waals surface area (Å²) in [5.74, 6) is -2.03. The highest BCUT2D eigenvalue weighted by Crippen LogP contribution is 2.26. The Kier molecular flexibility index (Phi) is 6.17. The van der Waals surface area contributed by atoms with Crippen LogP contribution in [-0.2, 0) is 16.0 Å². The van der Waals surface area contributed by atoms with Crippen molar-refractivity contribution in [2.24, 2.45) is 0 Å². The summed E-state index contributed by atoms with van der Waals surface area (Å²) in [5.41, 5.74) is 5.05. The highest BCUT2D eigenvalue weighted by Gasteiger charge is 2.34. The van der Waals surface area contributed by atoms with Crippen molar-refractivity contribution in [2.45, 2.75) is 27.2 Å². The number of aryl methyl sites for hydroxylation is 2. The van der Waals surface area contributed by atoms with Crippen LogP contribution in [-0.4, -0.2) is 32.6 Å². The van der Waals surface area contributed by atoms with E-state index in [1.165, 1.54) is 17.0 Å². The van der Waals surface area contributed by atoms with E-state index in [4.69, 9.17) is 17.3 Å². The van der Waals surface area contributed by atoms with E-state index in [-0.39, 0.29) is 16.2 Å². The van der Waals surface area contributed by atoms with Gasteiger partial charge in [0.1, 0.15) is 5.57 Å². The molecule has 1 aliphatic heterocycles. The lowest BCUT2D eigenvalue weighted by atomic mass is 10.1. The van der Waals surface area contributed by atoms with Gasteiger partial charge in [0.05, 0.1) is 11.3 Å². The third-order valence-corrected chi connectivity index (χ3v) is 6.13. The number of aromatic carboxylic acids is 1. The maximum Gasteiger partial charge on any atom is 0.335 e. The summed E-state index contributed by atoms with van der Waals surface area (Å²) in [5, 5.41) is 11.8. The molecule has 2 N–H and O–H groups in total. The lowest BCUT2D eigenvalue weighted by molar-refractivity contribution is -0.122. The predicted molar refractivity (Wildman–Crippen MR) is 134 cm³/mol. The molecule has 1 aromatic heterocycles. The topological polar surface area (TPSA) is 91.6 Å². The summed E-state index contributed by atoms with van der Waals surface area (Å²) in [7, 11) is 0. The fourth-order valence-corrected chi connectivity index (χ4v) is 4.29. The number of aromatic nitrogens is 1. The summed E-state index contributed by atoms with van der Waals surface area (Å²) >= 11 is 5.29. The van der Waals surface area contributed by atoms with Crippen LogP contribution in [0.25, 0.3) is 11.8 Å². The molecule has 2 amide bonds. The molecule has 2 aromatic carbocycles. The minimum absolute atomic E-state index is 0.0188. The van der Waals surface area contributed by atoms with Crippen molar-refractivity contribution in [1.82, 2.24) is 9.88 Å². The average molecular weight is 474 g/mol. The Hall–Kier alpha value is -4.04. The Morgan fingerprint density at radius 2 is 1.65 bits per heavy atom. The molecule has 3 aromatic rings. The summed E-state index contributed by atoms with van der Waals surface area (Å²) < 4.78 is 1.94. The van der Waals surface area contributed by atoms with Gasteiger partial charge in [0.2, 0.25) is 0 Å². The first-order valence-corrected chi connectivity index (χ1v) is 11.1. The van der Waals surface area contributed by atoms with Crippen molar-refractivity contribution in [1.29, 1.82) is 0 Å². The molecule has 0 aliphatic carbocycles. The molecule has 0 unspecified atom stereocenters. The lowest BCUT2D eigenvalue weighted by Crippen LogP contribution is -2.54. The highest BCUT2D eigenvalue weighted by molar-refractivity contribution is 7.80. The first-order valence-electron chi connectivity index (χ1n) is 10.7. The summed E-state index contributed by atoms with van der Waals surface area (Å²) in [6, 6.07) is 15.9. The minimum Gasteiger partial charge on any atom is -0.478 e. The van der Waals surface area contributed by atoms with E-state index in [1.54, 1.807) is 18.2 Å². The molecule has 34 heavy (non-hydrogen) atoms. The third-order valence-electron chi connectivity index (χ3n) is 5.85. The number of carboxylic acid groups (broad SMARTS) is 1. The van der Waals surface area contributed by atoms with Gasteiger partial charge < -0.3 is 9.67 Å². The van der Waals surface area contributed by atoms with Crippen LogP contribution < -0.4 is 10.2 Å². The first kappa shape index (κ1) is 23.1. The second-order valence-corrected chi connectivity index (χ2v) is 8.38. The van der Waals surface area contributed by atoms with Crippen LogP contribution in [0, 0.1) is 13.8 Å². The van der Waals surface area contributed by atoms with Gasteiger partial charge in [0, 0.05) is 17.1 Å². The number of benzene rings is 2. The minimum atomic E-state index is -0.994. The van der Waals surface area contributed by atoms with Crippen LogP contribution >= 0.6 is 12.2 Å². The average Bonchev–Trinajstić information content (AvgIpc) is 3.09. The molecule has 0 bridgehead atoms. The Balaban J connectivity index is 1.72. The number of anilines is 1. The van der Waals surface area contributed by atoms with Gasteiger partial charge in [-0.25, -0.2) is 4.79 Å². The van der Waals surface area contributed by atoms with Crippen LogP contribution in [0.1, 0.15) is 39.8 Å². The second-order valence-electron chi connectivity index (χ2n) is 7.99. The van der Waals surface area contributed by atoms with E-state index in [0.717, 1.165) is 29.1 Å². The number of hydrogen-bond acceptors (Lipinski definition) is 4. The van der Waals surface area contributed by atoms with Gasteiger partial charge in [-0.15, -0.1) is 0 Å². The number of carbonyl (C=O) groups excluding carboxylic acids is 2. The Morgan fingerprint density at radius 1 is 1.03 bits per heavy atom. The van der Waals surface area contributed by atoms with Gasteiger partial charge in [-0.05, 0) is 92.2 Å². The largest absolute Gasteiger partial charge is 0.478 e. The Bertz CT molecular complexity index is 1350. The van der Waals surface area contributed by atoms with Gasteiger partial charge in [-0.1, -0.05) is 19.1 Å². The maximum absolute atomic E-state index is 13.3. The van der Waals surface area contributed by atoms with Crippen molar-refractivity contribution in [2.75, 3.05) is 4.90 Å². The molecule has 172 valence electrons. The summed E-state index contributed by atoms with van der Waals surface area (Å²) in [6.45, 7) is 5.82. The number of nitrogens with zero attached hydrogens (tertiary/aromatic N) is 2. The van der Waals surface area contributed by atoms with E-state index in [1.807, 2.05) is 55.7 Å². The van der Waals surface area contributed by atoms with Gasteiger partial charge in [-0.2, -0.15) is 0 Å². The molecule has 0 atom stereocenters. The molecule has 0 spiro atoms. The molecular weight excluding hydrogens is 450 g/mol. The van der Waals surface area contributed by atoms with Gasteiger partial charge in [0.15, 0.2) is 5.11 Å². The summed E-state index contributed by atoms with van der Waals surface area (Å²) in [6.07, 6.45) is 2.44. The van der Waals surface area contributed by atoms with E-state index in [0.29, 0.717) is 11.3 Å². The zero-order valence-electron chi connectivity index (χ0n) is 19.0. The number of thiocarbonyl (C=S) groups is 1. The maximum atomic E-state index is 13.3. The second kappa shape index (κ2) is 9.07. The van der Waals surface area contributed by atoms with Gasteiger partial charge in [0.25, 0.3) is 11.8 Å². The van der Waals surface area contributed by atoms with Crippen molar-refractivity contribution in [3.63, 3.8) is 0 Å². The number of amides is 2. The highest BCUT2D eigenvalue weighted by atomic mass is 32.1. The standard InChI is InChI=1S/C26H23N3O4S/c1-4-17-5-9-21(10-6-17)29-24(31)22(23(30)27-26(29)34)14-19-13-15(2)28(16(19)3)20-11-7-18(8-12-20)25(32)33/h5-14H,4H2,1-3H3,(H,32,33)(H,27,30,34)/b22-14-. The normalized spacial score (nSPS) is 15.1. The lowest BCUT2D eigenvalue weighted by Gasteiger charge is -2.29. The summed E-state index contributed by atoms with van der Waals surface area (Å²) in [4.78, 5) is 38.5. The predicted octanol–water partition coefficient (Wildman–Crippen LogP) is 4.19. The van der Waals surface area contributed by atoms with Crippen LogP contribution in [0.4, 0.5) is 5.69 Å². The molecule has 7 nitrogen and oxygen atoms in total. The molecule has 1 saturated heterocycles. The molecule has 0 radical (unpaired) electrons. The van der Waals surface area contributed by atoms with E-state index in [2.05, 4.69) is 5.32 Å².